The third-order valence-electron chi connectivity index (χ3n) is 3.94. The number of aromatic nitrogens is 4. The number of anilines is 4. The lowest BCUT2D eigenvalue weighted by molar-refractivity contribution is -0.116. The fraction of sp³-hybridized carbons (Fsp3) is 0.263. The highest BCUT2D eigenvalue weighted by Crippen LogP contribution is 2.18. The lowest BCUT2D eigenvalue weighted by Gasteiger charge is -2.12. The van der Waals surface area contributed by atoms with Crippen LogP contribution in [0.5, 0.6) is 0 Å². The number of hydrogen-bond acceptors (Lipinski definition) is 6. The highest BCUT2D eigenvalue weighted by molar-refractivity contribution is 6.35. The summed E-state index contributed by atoms with van der Waals surface area (Å²) in [5.74, 6) is 0.965. The molecule has 4 N–H and O–H groups in total. The second-order valence-electron chi connectivity index (χ2n) is 6.26. The smallest absolute Gasteiger partial charge is 0.229 e. The van der Waals surface area contributed by atoms with Crippen LogP contribution < -0.4 is 21.4 Å². The molecule has 0 fully saturated rings. The first-order chi connectivity index (χ1) is 13.6. The first-order valence-electron chi connectivity index (χ1n) is 9.14. The highest BCUT2D eigenvalue weighted by atomic mass is 16.1. The van der Waals surface area contributed by atoms with Crippen molar-refractivity contribution in [1.29, 1.82) is 0 Å². The molecule has 3 aromatic rings. The summed E-state index contributed by atoms with van der Waals surface area (Å²) in [6, 6.07) is 7.40. The van der Waals surface area contributed by atoms with Crippen molar-refractivity contribution in [3.8, 4) is 0 Å². The van der Waals surface area contributed by atoms with Crippen LogP contribution in [-0.2, 0) is 11.2 Å². The van der Waals surface area contributed by atoms with E-state index in [2.05, 4.69) is 35.9 Å². The molecular formula is C19H22BN7O. The van der Waals surface area contributed by atoms with E-state index >= 15 is 0 Å². The van der Waals surface area contributed by atoms with Crippen LogP contribution in [0, 0.1) is 0 Å². The zero-order valence-corrected chi connectivity index (χ0v) is 15.7. The largest absolute Gasteiger partial charge is 0.370 e. The SMILES string of the molecule is [B]c1cnc(Nc2cccc(NC(=O)CCC)c2)nc1NCCc1cnc[nH]1. The van der Waals surface area contributed by atoms with Crippen LogP contribution in [0.15, 0.2) is 43.0 Å². The zero-order valence-electron chi connectivity index (χ0n) is 15.7. The molecule has 8 nitrogen and oxygen atoms in total. The van der Waals surface area contributed by atoms with Crippen molar-refractivity contribution in [1.82, 2.24) is 19.9 Å². The number of amides is 1. The fourth-order valence-corrected chi connectivity index (χ4v) is 2.58. The first kappa shape index (κ1) is 19.4. The van der Waals surface area contributed by atoms with Crippen LogP contribution in [-0.4, -0.2) is 40.2 Å². The molecule has 0 atom stereocenters. The zero-order chi connectivity index (χ0) is 19.8. The Morgan fingerprint density at radius 2 is 2.11 bits per heavy atom. The van der Waals surface area contributed by atoms with E-state index in [1.165, 1.54) is 0 Å². The van der Waals surface area contributed by atoms with Crippen LogP contribution in [0.4, 0.5) is 23.1 Å². The van der Waals surface area contributed by atoms with Gasteiger partial charge < -0.3 is 20.9 Å². The minimum atomic E-state index is -0.00728. The number of benzene rings is 1. The number of carbonyl (C=O) groups is 1. The Bertz CT molecular complexity index is 914. The molecule has 1 amide bonds. The maximum atomic E-state index is 11.8. The van der Waals surface area contributed by atoms with Crippen LogP contribution in [0.3, 0.4) is 0 Å². The van der Waals surface area contributed by atoms with Crippen LogP contribution in [0.25, 0.3) is 0 Å². The van der Waals surface area contributed by atoms with Gasteiger partial charge in [0.2, 0.25) is 11.9 Å². The minimum absolute atomic E-state index is 0.00728. The molecule has 0 aliphatic rings. The van der Waals surface area contributed by atoms with E-state index in [4.69, 9.17) is 7.85 Å². The lowest BCUT2D eigenvalue weighted by Crippen LogP contribution is -2.18. The van der Waals surface area contributed by atoms with E-state index in [9.17, 15) is 4.79 Å². The molecular weight excluding hydrogens is 353 g/mol. The van der Waals surface area contributed by atoms with Crippen molar-refractivity contribution in [3.05, 3.63) is 48.7 Å². The van der Waals surface area contributed by atoms with Crippen molar-refractivity contribution in [2.24, 2.45) is 0 Å². The van der Waals surface area contributed by atoms with Crippen molar-refractivity contribution in [2.45, 2.75) is 26.2 Å². The third kappa shape index (κ3) is 5.57. The maximum Gasteiger partial charge on any atom is 0.229 e. The van der Waals surface area contributed by atoms with Crippen LogP contribution in [0.2, 0.25) is 0 Å². The molecule has 0 spiro atoms. The van der Waals surface area contributed by atoms with Gasteiger partial charge in [-0.15, -0.1) is 0 Å². The summed E-state index contributed by atoms with van der Waals surface area (Å²) in [5.41, 5.74) is 2.98. The van der Waals surface area contributed by atoms with E-state index < -0.39 is 0 Å². The van der Waals surface area contributed by atoms with Crippen LogP contribution >= 0.6 is 0 Å². The van der Waals surface area contributed by atoms with E-state index in [1.54, 1.807) is 18.7 Å². The molecule has 2 heterocycles. The molecule has 0 aliphatic carbocycles. The molecule has 3 rings (SSSR count). The maximum absolute atomic E-state index is 11.8. The molecule has 2 radical (unpaired) electrons. The molecule has 28 heavy (non-hydrogen) atoms. The van der Waals surface area contributed by atoms with Crippen LogP contribution in [0.1, 0.15) is 25.5 Å². The van der Waals surface area contributed by atoms with E-state index in [1.807, 2.05) is 31.2 Å². The van der Waals surface area contributed by atoms with E-state index in [0.29, 0.717) is 30.2 Å². The number of nitrogens with zero attached hydrogens (tertiary/aromatic N) is 3. The average molecular weight is 375 g/mol. The Hall–Kier alpha value is -3.36. The number of imidazole rings is 1. The predicted molar refractivity (Wildman–Crippen MR) is 111 cm³/mol. The summed E-state index contributed by atoms with van der Waals surface area (Å²) in [5, 5.41) is 9.21. The summed E-state index contributed by atoms with van der Waals surface area (Å²) in [7, 11) is 5.97. The number of hydrogen-bond donors (Lipinski definition) is 4. The van der Waals surface area contributed by atoms with Gasteiger partial charge in [0.1, 0.15) is 13.7 Å². The second kappa shape index (κ2) is 9.54. The average Bonchev–Trinajstić information content (AvgIpc) is 3.18. The van der Waals surface area contributed by atoms with Gasteiger partial charge in [0.05, 0.1) is 6.33 Å². The van der Waals surface area contributed by atoms with Crippen molar-refractivity contribution < 1.29 is 4.79 Å². The van der Waals surface area contributed by atoms with E-state index in [-0.39, 0.29) is 5.91 Å². The molecule has 0 aliphatic heterocycles. The Morgan fingerprint density at radius 1 is 1.25 bits per heavy atom. The highest BCUT2D eigenvalue weighted by Gasteiger charge is 2.06. The molecule has 0 bridgehead atoms. The topological polar surface area (TPSA) is 108 Å². The first-order valence-corrected chi connectivity index (χ1v) is 9.14. The van der Waals surface area contributed by atoms with Gasteiger partial charge in [-0.2, -0.15) is 4.98 Å². The summed E-state index contributed by atoms with van der Waals surface area (Å²) in [4.78, 5) is 27.5. The standard InChI is InChI=1S/C19H22BN7O/c1-2-4-17(28)25-13-5-3-6-14(9-13)26-19-23-11-16(20)18(27-19)22-8-7-15-10-21-12-24-15/h3,5-6,9-12H,2,4,7-8H2,1H3,(H,21,24)(H,25,28)(H2,22,23,26,27). The van der Waals surface area contributed by atoms with Gasteiger partial charge >= 0.3 is 0 Å². The van der Waals surface area contributed by atoms with Gasteiger partial charge in [0.25, 0.3) is 0 Å². The summed E-state index contributed by atoms with van der Waals surface area (Å²) in [6.07, 6.45) is 7.05. The van der Waals surface area contributed by atoms with Gasteiger partial charge in [0, 0.05) is 48.8 Å². The Balaban J connectivity index is 1.63. The summed E-state index contributed by atoms with van der Waals surface area (Å²) < 4.78 is 0. The Labute approximate surface area is 165 Å². The summed E-state index contributed by atoms with van der Waals surface area (Å²) >= 11 is 0. The normalized spacial score (nSPS) is 10.5. The summed E-state index contributed by atoms with van der Waals surface area (Å²) in [6.45, 7) is 2.62. The van der Waals surface area contributed by atoms with Gasteiger partial charge in [-0.1, -0.05) is 13.0 Å². The number of rotatable bonds is 9. The molecule has 0 saturated heterocycles. The Kier molecular flexibility index (Phi) is 6.61. The number of H-pyrrole nitrogens is 1. The number of aromatic amines is 1. The molecule has 9 heteroatoms. The number of nitrogens with one attached hydrogen (secondary N) is 4. The van der Waals surface area contributed by atoms with Crippen molar-refractivity contribution in [2.75, 3.05) is 22.5 Å². The predicted octanol–water partition coefficient (Wildman–Crippen LogP) is 2.13. The third-order valence-corrected chi connectivity index (χ3v) is 3.94. The van der Waals surface area contributed by atoms with Gasteiger partial charge in [-0.25, -0.2) is 9.97 Å². The molecule has 1 aromatic carbocycles. The van der Waals surface area contributed by atoms with E-state index in [0.717, 1.165) is 29.9 Å². The monoisotopic (exact) mass is 375 g/mol. The Morgan fingerprint density at radius 3 is 2.89 bits per heavy atom. The van der Waals surface area contributed by atoms with Gasteiger partial charge in [-0.05, 0) is 30.1 Å². The second-order valence-corrected chi connectivity index (χ2v) is 6.26. The molecule has 2 aromatic heterocycles. The molecule has 0 saturated carbocycles. The molecule has 0 unspecified atom stereocenters. The van der Waals surface area contributed by atoms with Crippen molar-refractivity contribution in [3.63, 3.8) is 0 Å². The molecule has 142 valence electrons. The van der Waals surface area contributed by atoms with Gasteiger partial charge in [-0.3, -0.25) is 4.79 Å². The van der Waals surface area contributed by atoms with Gasteiger partial charge in [0.15, 0.2) is 0 Å². The fourth-order valence-electron chi connectivity index (χ4n) is 2.58. The van der Waals surface area contributed by atoms with Crippen molar-refractivity contribution >= 4 is 42.4 Å². The number of carbonyl (C=O) groups excluding carboxylic acids is 1. The minimum Gasteiger partial charge on any atom is -0.370 e. The quantitative estimate of drug-likeness (QED) is 0.427. The lowest BCUT2D eigenvalue weighted by atomic mass is 9.99.